The Morgan fingerprint density at radius 2 is 1.32 bits per heavy atom. The lowest BCUT2D eigenvalue weighted by atomic mass is 9.96. The standard InChI is InChI=1S/C26H14BrN/c27-17-11-12-20-23(14-17)28-22-10-4-7-15-6-3-9-19(24(15)22)21-13-16-5-1-2-8-18(16)25(20)26(21)28/h1-14H. The molecule has 0 spiro atoms. The molecule has 1 nitrogen and oxygen atoms in total. The number of pyridine rings is 1. The zero-order valence-electron chi connectivity index (χ0n) is 14.9. The second-order valence-electron chi connectivity index (χ2n) is 7.55. The van der Waals surface area contributed by atoms with Gasteiger partial charge < -0.3 is 4.40 Å². The van der Waals surface area contributed by atoms with Crippen LogP contribution in [-0.2, 0) is 0 Å². The minimum Gasteiger partial charge on any atom is -0.308 e. The Bertz CT molecular complexity index is 1720. The smallest absolute Gasteiger partial charge is 0.0626 e. The third-order valence-electron chi connectivity index (χ3n) is 6.13. The fourth-order valence-corrected chi connectivity index (χ4v) is 5.40. The molecule has 0 unspecified atom stereocenters. The molecule has 0 aliphatic heterocycles. The molecule has 7 rings (SSSR count). The van der Waals surface area contributed by atoms with Gasteiger partial charge in [0.2, 0.25) is 0 Å². The van der Waals surface area contributed by atoms with Gasteiger partial charge in [-0.15, -0.1) is 0 Å². The summed E-state index contributed by atoms with van der Waals surface area (Å²) in [5.74, 6) is 0. The van der Waals surface area contributed by atoms with Gasteiger partial charge in [-0.2, -0.15) is 0 Å². The summed E-state index contributed by atoms with van der Waals surface area (Å²) in [5.41, 5.74) is 3.84. The average molecular weight is 420 g/mol. The molecule has 0 N–H and O–H groups in total. The van der Waals surface area contributed by atoms with E-state index in [1.807, 2.05) is 0 Å². The zero-order valence-corrected chi connectivity index (χ0v) is 16.5. The molecule has 2 heteroatoms. The largest absolute Gasteiger partial charge is 0.308 e. The third-order valence-corrected chi connectivity index (χ3v) is 6.62. The van der Waals surface area contributed by atoms with E-state index in [4.69, 9.17) is 0 Å². The van der Waals surface area contributed by atoms with E-state index < -0.39 is 0 Å². The van der Waals surface area contributed by atoms with Crippen LogP contribution in [0, 0.1) is 0 Å². The highest BCUT2D eigenvalue weighted by Crippen LogP contribution is 2.43. The Labute approximate surface area is 169 Å². The molecule has 0 aliphatic carbocycles. The molecule has 2 aromatic heterocycles. The van der Waals surface area contributed by atoms with Gasteiger partial charge in [-0.05, 0) is 45.8 Å². The van der Waals surface area contributed by atoms with Crippen LogP contribution in [0.4, 0.5) is 0 Å². The molecule has 0 saturated heterocycles. The SMILES string of the molecule is Brc1ccc2c3c4ccccc4cc4c5cccc6cccc(c65)n(c2c1)c43. The summed E-state index contributed by atoms with van der Waals surface area (Å²) >= 11 is 3.69. The maximum absolute atomic E-state index is 3.69. The Morgan fingerprint density at radius 3 is 2.25 bits per heavy atom. The second-order valence-corrected chi connectivity index (χ2v) is 8.46. The molecule has 0 fully saturated rings. The van der Waals surface area contributed by atoms with Gasteiger partial charge in [0.15, 0.2) is 0 Å². The van der Waals surface area contributed by atoms with Crippen LogP contribution in [0.1, 0.15) is 0 Å². The quantitative estimate of drug-likeness (QED) is 0.173. The van der Waals surface area contributed by atoms with Crippen molar-refractivity contribution in [3.8, 4) is 0 Å². The van der Waals surface area contributed by atoms with Crippen molar-refractivity contribution in [3.63, 3.8) is 0 Å². The van der Waals surface area contributed by atoms with Crippen LogP contribution in [0.2, 0.25) is 0 Å². The highest BCUT2D eigenvalue weighted by Gasteiger charge is 2.19. The highest BCUT2D eigenvalue weighted by atomic mass is 79.9. The first-order valence-electron chi connectivity index (χ1n) is 9.49. The van der Waals surface area contributed by atoms with E-state index in [1.165, 1.54) is 59.6 Å². The molecule has 5 aromatic carbocycles. The number of halogens is 1. The summed E-state index contributed by atoms with van der Waals surface area (Å²) in [4.78, 5) is 0. The second kappa shape index (κ2) is 5.03. The van der Waals surface area contributed by atoms with E-state index in [0.717, 1.165) is 4.47 Å². The van der Waals surface area contributed by atoms with Crippen LogP contribution in [0.3, 0.4) is 0 Å². The number of fused-ring (bicyclic) bond motifs is 7. The van der Waals surface area contributed by atoms with Crippen LogP contribution in [-0.4, -0.2) is 4.40 Å². The summed E-state index contributed by atoms with van der Waals surface area (Å²) in [5, 5.41) is 10.6. The third kappa shape index (κ3) is 1.68. The highest BCUT2D eigenvalue weighted by molar-refractivity contribution is 9.10. The van der Waals surface area contributed by atoms with Crippen molar-refractivity contribution in [3.05, 3.63) is 89.4 Å². The van der Waals surface area contributed by atoms with Crippen molar-refractivity contribution in [1.29, 1.82) is 0 Å². The Hall–Kier alpha value is -3.10. The zero-order chi connectivity index (χ0) is 18.4. The minimum atomic E-state index is 1.11. The first-order valence-corrected chi connectivity index (χ1v) is 10.3. The van der Waals surface area contributed by atoms with Gasteiger partial charge in [-0.1, -0.05) is 76.6 Å². The lowest BCUT2D eigenvalue weighted by Crippen LogP contribution is -1.92. The van der Waals surface area contributed by atoms with Crippen molar-refractivity contribution in [2.24, 2.45) is 0 Å². The van der Waals surface area contributed by atoms with Crippen molar-refractivity contribution in [1.82, 2.24) is 4.40 Å². The lowest BCUT2D eigenvalue weighted by molar-refractivity contribution is 1.35. The number of benzene rings is 5. The van der Waals surface area contributed by atoms with Crippen LogP contribution < -0.4 is 0 Å². The molecule has 7 aromatic rings. The van der Waals surface area contributed by atoms with E-state index in [-0.39, 0.29) is 0 Å². The number of aromatic nitrogens is 1. The fraction of sp³-hybridized carbons (Fsp3) is 0. The topological polar surface area (TPSA) is 4.41 Å². The number of hydrogen-bond donors (Lipinski definition) is 0. The summed E-state index contributed by atoms with van der Waals surface area (Å²) < 4.78 is 3.57. The van der Waals surface area contributed by atoms with Gasteiger partial charge in [0.05, 0.1) is 16.6 Å². The molecule has 2 heterocycles. The van der Waals surface area contributed by atoms with E-state index in [9.17, 15) is 0 Å². The van der Waals surface area contributed by atoms with E-state index in [1.54, 1.807) is 0 Å². The maximum atomic E-state index is 3.69. The minimum absolute atomic E-state index is 1.11. The van der Waals surface area contributed by atoms with Crippen molar-refractivity contribution < 1.29 is 0 Å². The predicted octanol–water partition coefficient (Wildman–Crippen LogP) is 7.91. The average Bonchev–Trinajstić information content (AvgIpc) is 3.07. The van der Waals surface area contributed by atoms with Gasteiger partial charge in [0, 0.05) is 26.0 Å². The normalized spacial score (nSPS) is 12.5. The van der Waals surface area contributed by atoms with E-state index >= 15 is 0 Å². The van der Waals surface area contributed by atoms with Crippen molar-refractivity contribution >= 4 is 75.6 Å². The van der Waals surface area contributed by atoms with Gasteiger partial charge in [0.1, 0.15) is 0 Å². The van der Waals surface area contributed by atoms with Crippen molar-refractivity contribution in [2.75, 3.05) is 0 Å². The molecule has 130 valence electrons. The summed E-state index contributed by atoms with van der Waals surface area (Å²) in [6.45, 7) is 0. The van der Waals surface area contributed by atoms with Gasteiger partial charge in [-0.25, -0.2) is 0 Å². The van der Waals surface area contributed by atoms with Gasteiger partial charge in [0.25, 0.3) is 0 Å². The molecule has 0 saturated carbocycles. The summed E-state index contributed by atoms with van der Waals surface area (Å²) in [6, 6.07) is 31.1. The number of hydrogen-bond acceptors (Lipinski definition) is 0. The van der Waals surface area contributed by atoms with Crippen LogP contribution in [0.25, 0.3) is 59.6 Å². The van der Waals surface area contributed by atoms with E-state index in [0.29, 0.717) is 0 Å². The first kappa shape index (κ1) is 14.9. The van der Waals surface area contributed by atoms with Gasteiger partial charge >= 0.3 is 0 Å². The summed E-state index contributed by atoms with van der Waals surface area (Å²) in [7, 11) is 0. The number of rotatable bonds is 0. The van der Waals surface area contributed by atoms with Crippen LogP contribution in [0.15, 0.2) is 89.4 Å². The molecule has 0 radical (unpaired) electrons. The van der Waals surface area contributed by atoms with Crippen LogP contribution >= 0.6 is 15.9 Å². The molecule has 0 atom stereocenters. The maximum Gasteiger partial charge on any atom is 0.0626 e. The van der Waals surface area contributed by atoms with Gasteiger partial charge in [-0.3, -0.25) is 0 Å². The number of nitrogens with zero attached hydrogens (tertiary/aromatic N) is 1. The van der Waals surface area contributed by atoms with E-state index in [2.05, 4.69) is 105 Å². The fourth-order valence-electron chi connectivity index (χ4n) is 5.05. The molecule has 0 aliphatic rings. The molecule has 0 amide bonds. The molecular weight excluding hydrogens is 406 g/mol. The summed E-state index contributed by atoms with van der Waals surface area (Å²) in [6.07, 6.45) is 0. The lowest BCUT2D eigenvalue weighted by Gasteiger charge is -2.14. The Balaban J connectivity index is 2.00. The molecule has 28 heavy (non-hydrogen) atoms. The van der Waals surface area contributed by atoms with Crippen LogP contribution in [0.5, 0.6) is 0 Å². The molecule has 0 bridgehead atoms. The van der Waals surface area contributed by atoms with Crippen molar-refractivity contribution in [2.45, 2.75) is 0 Å². The first-order chi connectivity index (χ1) is 13.8. The Morgan fingerprint density at radius 1 is 0.536 bits per heavy atom. The predicted molar refractivity (Wildman–Crippen MR) is 124 cm³/mol. The Kier molecular flexibility index (Phi) is 2.68. The monoisotopic (exact) mass is 419 g/mol. The molecular formula is C26H14BrN.